The van der Waals surface area contributed by atoms with Crippen LogP contribution in [0.15, 0.2) is 12.4 Å². The van der Waals surface area contributed by atoms with E-state index in [-0.39, 0.29) is 5.78 Å². The van der Waals surface area contributed by atoms with Crippen LogP contribution < -0.4 is 0 Å². The molecule has 0 spiro atoms. The lowest BCUT2D eigenvalue weighted by atomic mass is 10.1. The van der Waals surface area contributed by atoms with Gasteiger partial charge in [0.15, 0.2) is 0 Å². The molecule has 0 saturated carbocycles. The highest BCUT2D eigenvalue weighted by molar-refractivity contribution is 5.75. The van der Waals surface area contributed by atoms with Crippen molar-refractivity contribution in [2.45, 2.75) is 32.6 Å². The molecule has 0 amide bonds. The van der Waals surface area contributed by atoms with Crippen molar-refractivity contribution in [2.24, 2.45) is 0 Å². The fourth-order valence-corrected chi connectivity index (χ4v) is 1.12. The first-order valence-corrected chi connectivity index (χ1v) is 4.26. The summed E-state index contributed by atoms with van der Waals surface area (Å²) < 4.78 is 0. The van der Waals surface area contributed by atoms with E-state index in [0.717, 1.165) is 19.3 Å². The zero-order valence-corrected chi connectivity index (χ0v) is 7.34. The van der Waals surface area contributed by atoms with Crippen LogP contribution >= 0.6 is 0 Å². The van der Waals surface area contributed by atoms with E-state index in [1.54, 1.807) is 6.92 Å². The zero-order valence-electron chi connectivity index (χ0n) is 7.34. The smallest absolute Gasteiger partial charge is 0.129 e. The summed E-state index contributed by atoms with van der Waals surface area (Å²) in [5, 5.41) is 6.61. The maximum atomic E-state index is 10.6. The molecule has 12 heavy (non-hydrogen) atoms. The molecule has 1 rings (SSSR count). The molecule has 0 bridgehead atoms. The molecule has 0 atom stereocenters. The van der Waals surface area contributed by atoms with Crippen molar-refractivity contribution in [3.63, 3.8) is 0 Å². The molecular weight excluding hydrogens is 152 g/mol. The number of rotatable bonds is 5. The quantitative estimate of drug-likeness (QED) is 0.677. The predicted octanol–water partition coefficient (Wildman–Crippen LogP) is 1.71. The van der Waals surface area contributed by atoms with Gasteiger partial charge in [-0.1, -0.05) is 0 Å². The average molecular weight is 166 g/mol. The van der Waals surface area contributed by atoms with E-state index in [1.807, 2.05) is 12.4 Å². The van der Waals surface area contributed by atoms with Gasteiger partial charge in [0.1, 0.15) is 5.78 Å². The van der Waals surface area contributed by atoms with E-state index in [2.05, 4.69) is 10.2 Å². The van der Waals surface area contributed by atoms with Crippen molar-refractivity contribution in [3.05, 3.63) is 18.0 Å². The summed E-state index contributed by atoms with van der Waals surface area (Å²) in [6.07, 6.45) is 7.50. The van der Waals surface area contributed by atoms with Gasteiger partial charge in [-0.25, -0.2) is 0 Å². The lowest BCUT2D eigenvalue weighted by Crippen LogP contribution is -1.90. The standard InChI is InChI=1S/C9H14N2O/c1-8(12)4-2-3-5-9-6-10-11-7-9/h6-7H,2-5H2,1H3,(H,10,11). The second kappa shape index (κ2) is 4.70. The number of aryl methyl sites for hydroxylation is 1. The molecule has 1 aromatic heterocycles. The van der Waals surface area contributed by atoms with Gasteiger partial charge in [0.05, 0.1) is 6.20 Å². The van der Waals surface area contributed by atoms with Crippen molar-refractivity contribution >= 4 is 5.78 Å². The Morgan fingerprint density at radius 1 is 1.58 bits per heavy atom. The Morgan fingerprint density at radius 3 is 3.00 bits per heavy atom. The number of Topliss-reactive ketones (excluding diaryl/α,β-unsaturated/α-hetero) is 1. The van der Waals surface area contributed by atoms with E-state index in [9.17, 15) is 4.79 Å². The molecule has 3 nitrogen and oxygen atoms in total. The number of hydrogen-bond donors (Lipinski definition) is 1. The van der Waals surface area contributed by atoms with Gasteiger partial charge in [0, 0.05) is 12.6 Å². The average Bonchev–Trinajstić information content (AvgIpc) is 2.49. The minimum absolute atomic E-state index is 0.280. The molecule has 0 aliphatic rings. The Morgan fingerprint density at radius 2 is 2.42 bits per heavy atom. The monoisotopic (exact) mass is 166 g/mol. The van der Waals surface area contributed by atoms with Crippen LogP contribution in [0.4, 0.5) is 0 Å². The number of H-pyrrole nitrogens is 1. The fourth-order valence-electron chi connectivity index (χ4n) is 1.12. The summed E-state index contributed by atoms with van der Waals surface area (Å²) in [4.78, 5) is 10.6. The third-order valence-corrected chi connectivity index (χ3v) is 1.80. The van der Waals surface area contributed by atoms with Crippen LogP contribution in [0, 0.1) is 0 Å². The number of aromatic nitrogens is 2. The second-order valence-electron chi connectivity index (χ2n) is 3.02. The molecule has 1 N–H and O–H groups in total. The summed E-state index contributed by atoms with van der Waals surface area (Å²) in [5.74, 6) is 0.280. The molecule has 0 unspecified atom stereocenters. The normalized spacial score (nSPS) is 10.1. The van der Waals surface area contributed by atoms with Gasteiger partial charge in [-0.15, -0.1) is 0 Å². The lowest BCUT2D eigenvalue weighted by Gasteiger charge is -1.95. The number of hydrogen-bond acceptors (Lipinski definition) is 2. The molecule has 0 aromatic carbocycles. The number of aromatic amines is 1. The van der Waals surface area contributed by atoms with Gasteiger partial charge in [-0.05, 0) is 31.7 Å². The highest BCUT2D eigenvalue weighted by Crippen LogP contribution is 2.04. The SMILES string of the molecule is CC(=O)CCCCc1cn[nH]c1. The summed E-state index contributed by atoms with van der Waals surface area (Å²) in [5.41, 5.74) is 1.22. The first-order valence-electron chi connectivity index (χ1n) is 4.26. The van der Waals surface area contributed by atoms with Crippen LogP contribution in [0.25, 0.3) is 0 Å². The van der Waals surface area contributed by atoms with Gasteiger partial charge in [0.25, 0.3) is 0 Å². The second-order valence-corrected chi connectivity index (χ2v) is 3.02. The van der Waals surface area contributed by atoms with Gasteiger partial charge in [0.2, 0.25) is 0 Å². The van der Waals surface area contributed by atoms with Crippen LogP contribution in [0.5, 0.6) is 0 Å². The van der Waals surface area contributed by atoms with Gasteiger partial charge < -0.3 is 4.79 Å². The number of ketones is 1. The molecule has 0 saturated heterocycles. The third kappa shape index (κ3) is 3.32. The summed E-state index contributed by atoms with van der Waals surface area (Å²) >= 11 is 0. The highest BCUT2D eigenvalue weighted by atomic mass is 16.1. The molecule has 66 valence electrons. The van der Waals surface area contributed by atoms with Gasteiger partial charge >= 0.3 is 0 Å². The Bertz CT molecular complexity index is 229. The first-order chi connectivity index (χ1) is 5.79. The summed E-state index contributed by atoms with van der Waals surface area (Å²) in [7, 11) is 0. The predicted molar refractivity (Wildman–Crippen MR) is 46.8 cm³/mol. The minimum Gasteiger partial charge on any atom is -0.300 e. The Kier molecular flexibility index (Phi) is 3.51. The van der Waals surface area contributed by atoms with Crippen molar-refractivity contribution in [1.82, 2.24) is 10.2 Å². The van der Waals surface area contributed by atoms with E-state index >= 15 is 0 Å². The Hall–Kier alpha value is -1.12. The third-order valence-electron chi connectivity index (χ3n) is 1.80. The summed E-state index contributed by atoms with van der Waals surface area (Å²) in [6, 6.07) is 0. The maximum absolute atomic E-state index is 10.6. The van der Waals surface area contributed by atoms with Crippen molar-refractivity contribution in [2.75, 3.05) is 0 Å². The zero-order chi connectivity index (χ0) is 8.81. The lowest BCUT2D eigenvalue weighted by molar-refractivity contribution is -0.117. The highest BCUT2D eigenvalue weighted by Gasteiger charge is 1.95. The number of nitrogens with one attached hydrogen (secondary N) is 1. The van der Waals surface area contributed by atoms with Gasteiger partial charge in [-0.2, -0.15) is 5.10 Å². The van der Waals surface area contributed by atoms with E-state index in [4.69, 9.17) is 0 Å². The molecule has 1 heterocycles. The Balaban J connectivity index is 2.07. The van der Waals surface area contributed by atoms with Crippen molar-refractivity contribution in [3.8, 4) is 0 Å². The molecule has 0 aliphatic heterocycles. The van der Waals surface area contributed by atoms with Crippen LogP contribution in [-0.2, 0) is 11.2 Å². The topological polar surface area (TPSA) is 45.8 Å². The first kappa shape index (κ1) is 8.97. The van der Waals surface area contributed by atoms with Crippen LogP contribution in [0.2, 0.25) is 0 Å². The van der Waals surface area contributed by atoms with Crippen LogP contribution in [-0.4, -0.2) is 16.0 Å². The van der Waals surface area contributed by atoms with Crippen molar-refractivity contribution in [1.29, 1.82) is 0 Å². The summed E-state index contributed by atoms with van der Waals surface area (Å²) in [6.45, 7) is 1.64. The van der Waals surface area contributed by atoms with E-state index < -0.39 is 0 Å². The van der Waals surface area contributed by atoms with Crippen molar-refractivity contribution < 1.29 is 4.79 Å². The number of carbonyl (C=O) groups is 1. The van der Waals surface area contributed by atoms with Gasteiger partial charge in [-0.3, -0.25) is 5.10 Å². The minimum atomic E-state index is 0.280. The maximum Gasteiger partial charge on any atom is 0.129 e. The fraction of sp³-hybridized carbons (Fsp3) is 0.556. The van der Waals surface area contributed by atoms with Crippen LogP contribution in [0.1, 0.15) is 31.7 Å². The van der Waals surface area contributed by atoms with E-state index in [1.165, 1.54) is 5.56 Å². The van der Waals surface area contributed by atoms with Crippen LogP contribution in [0.3, 0.4) is 0 Å². The molecule has 0 fully saturated rings. The number of unbranched alkanes of at least 4 members (excludes halogenated alkanes) is 1. The Labute approximate surface area is 72.2 Å². The number of carbonyl (C=O) groups excluding carboxylic acids is 1. The number of nitrogens with zero attached hydrogens (tertiary/aromatic N) is 1. The molecular formula is C9H14N2O. The molecule has 1 aromatic rings. The molecule has 0 radical (unpaired) electrons. The molecule has 3 heteroatoms. The van der Waals surface area contributed by atoms with E-state index in [0.29, 0.717) is 6.42 Å². The molecule has 0 aliphatic carbocycles. The largest absolute Gasteiger partial charge is 0.300 e.